The molecule has 4 nitrogen and oxygen atoms in total. The average molecular weight is 292 g/mol. The fraction of sp³-hybridized carbons (Fsp3) is 0.765. The Morgan fingerprint density at radius 2 is 1.57 bits per heavy atom. The zero-order valence-corrected chi connectivity index (χ0v) is 14.8. The summed E-state index contributed by atoms with van der Waals surface area (Å²) in [7, 11) is 0. The van der Waals surface area contributed by atoms with Crippen molar-refractivity contribution in [3.05, 3.63) is 18.1 Å². The number of hydrogen-bond acceptors (Lipinski definition) is 4. The maximum absolute atomic E-state index is 4.61. The van der Waals surface area contributed by atoms with Crippen LogP contribution in [0.4, 0.5) is 5.82 Å². The highest BCUT2D eigenvalue weighted by molar-refractivity contribution is 5.35. The first-order valence-electron chi connectivity index (χ1n) is 7.98. The van der Waals surface area contributed by atoms with Gasteiger partial charge in [-0.15, -0.1) is 0 Å². The standard InChI is InChI=1S/C17H32N4/c1-13(2)11-21(12-14(3)4)16-10-18-15(8-19-16)9-20-17(5,6)7/h8,10,13-14,20H,9,11-12H2,1-7H3. The van der Waals surface area contributed by atoms with Gasteiger partial charge in [0.2, 0.25) is 0 Å². The topological polar surface area (TPSA) is 41.1 Å². The molecule has 0 amide bonds. The van der Waals surface area contributed by atoms with Gasteiger partial charge >= 0.3 is 0 Å². The zero-order valence-electron chi connectivity index (χ0n) is 14.8. The van der Waals surface area contributed by atoms with Crippen LogP contribution in [-0.2, 0) is 6.54 Å². The lowest BCUT2D eigenvalue weighted by molar-refractivity contribution is 0.421. The zero-order chi connectivity index (χ0) is 16.0. The molecule has 0 saturated carbocycles. The van der Waals surface area contributed by atoms with Gasteiger partial charge in [-0.3, -0.25) is 4.98 Å². The van der Waals surface area contributed by atoms with Crippen LogP contribution in [-0.4, -0.2) is 28.6 Å². The van der Waals surface area contributed by atoms with E-state index < -0.39 is 0 Å². The molecule has 1 aromatic heterocycles. The molecule has 1 heterocycles. The van der Waals surface area contributed by atoms with Crippen molar-refractivity contribution in [3.63, 3.8) is 0 Å². The van der Waals surface area contributed by atoms with E-state index in [0.717, 1.165) is 31.1 Å². The molecule has 0 aliphatic carbocycles. The molecule has 120 valence electrons. The maximum atomic E-state index is 4.61. The number of hydrogen-bond donors (Lipinski definition) is 1. The van der Waals surface area contributed by atoms with Crippen molar-refractivity contribution in [1.29, 1.82) is 0 Å². The summed E-state index contributed by atoms with van der Waals surface area (Å²) in [6.07, 6.45) is 3.80. The largest absolute Gasteiger partial charge is 0.355 e. The molecule has 0 bridgehead atoms. The van der Waals surface area contributed by atoms with Gasteiger partial charge in [0, 0.05) is 25.2 Å². The number of anilines is 1. The van der Waals surface area contributed by atoms with Crippen molar-refractivity contribution >= 4 is 5.82 Å². The van der Waals surface area contributed by atoms with Crippen molar-refractivity contribution in [2.24, 2.45) is 11.8 Å². The van der Waals surface area contributed by atoms with Crippen LogP contribution in [0.3, 0.4) is 0 Å². The van der Waals surface area contributed by atoms with E-state index in [0.29, 0.717) is 11.8 Å². The van der Waals surface area contributed by atoms with Crippen molar-refractivity contribution < 1.29 is 0 Å². The molecule has 0 atom stereocenters. The number of rotatable bonds is 7. The van der Waals surface area contributed by atoms with Crippen LogP contribution in [0.5, 0.6) is 0 Å². The summed E-state index contributed by atoms with van der Waals surface area (Å²) < 4.78 is 0. The third kappa shape index (κ3) is 7.42. The Balaban J connectivity index is 2.72. The van der Waals surface area contributed by atoms with Gasteiger partial charge < -0.3 is 10.2 Å². The van der Waals surface area contributed by atoms with Gasteiger partial charge in [-0.25, -0.2) is 4.98 Å². The minimum Gasteiger partial charge on any atom is -0.355 e. The Morgan fingerprint density at radius 1 is 1.00 bits per heavy atom. The fourth-order valence-corrected chi connectivity index (χ4v) is 2.10. The second-order valence-electron chi connectivity index (χ2n) is 7.66. The van der Waals surface area contributed by atoms with Gasteiger partial charge in [0.15, 0.2) is 0 Å². The summed E-state index contributed by atoms with van der Waals surface area (Å²) in [6, 6.07) is 0. The molecule has 21 heavy (non-hydrogen) atoms. The minimum atomic E-state index is 0.0989. The predicted octanol–water partition coefficient (Wildman–Crippen LogP) is 3.48. The van der Waals surface area contributed by atoms with E-state index in [-0.39, 0.29) is 5.54 Å². The summed E-state index contributed by atoms with van der Waals surface area (Å²) >= 11 is 0. The van der Waals surface area contributed by atoms with Crippen LogP contribution < -0.4 is 10.2 Å². The second kappa shape index (κ2) is 7.74. The predicted molar refractivity (Wildman–Crippen MR) is 90.5 cm³/mol. The van der Waals surface area contributed by atoms with Crippen LogP contribution in [0.2, 0.25) is 0 Å². The highest BCUT2D eigenvalue weighted by atomic mass is 15.2. The number of aromatic nitrogens is 2. The van der Waals surface area contributed by atoms with Gasteiger partial charge in [-0.2, -0.15) is 0 Å². The van der Waals surface area contributed by atoms with Gasteiger partial charge in [-0.05, 0) is 32.6 Å². The Labute approximate surface area is 130 Å². The van der Waals surface area contributed by atoms with Crippen molar-refractivity contribution in [2.75, 3.05) is 18.0 Å². The third-order valence-corrected chi connectivity index (χ3v) is 2.99. The van der Waals surface area contributed by atoms with Crippen molar-refractivity contribution in [3.8, 4) is 0 Å². The van der Waals surface area contributed by atoms with Crippen LogP contribution in [0.15, 0.2) is 12.4 Å². The van der Waals surface area contributed by atoms with Gasteiger partial charge in [0.25, 0.3) is 0 Å². The van der Waals surface area contributed by atoms with Gasteiger partial charge in [0.1, 0.15) is 5.82 Å². The van der Waals surface area contributed by atoms with Gasteiger partial charge in [-0.1, -0.05) is 27.7 Å². The molecule has 1 rings (SSSR count). The first-order chi connectivity index (χ1) is 9.67. The molecule has 0 aliphatic rings. The first kappa shape index (κ1) is 17.9. The molecule has 0 spiro atoms. The van der Waals surface area contributed by atoms with E-state index in [1.165, 1.54) is 0 Å². The average Bonchev–Trinajstić information content (AvgIpc) is 2.34. The quantitative estimate of drug-likeness (QED) is 0.835. The summed E-state index contributed by atoms with van der Waals surface area (Å²) in [5.41, 5.74) is 1.09. The Morgan fingerprint density at radius 3 is 1.95 bits per heavy atom. The van der Waals surface area contributed by atoms with E-state index in [1.807, 2.05) is 12.4 Å². The van der Waals surface area contributed by atoms with Crippen LogP contribution in [0.25, 0.3) is 0 Å². The first-order valence-corrected chi connectivity index (χ1v) is 7.98. The monoisotopic (exact) mass is 292 g/mol. The molecule has 0 aliphatic heterocycles. The molecule has 0 radical (unpaired) electrons. The Kier molecular flexibility index (Phi) is 6.59. The van der Waals surface area contributed by atoms with Crippen molar-refractivity contribution in [2.45, 2.75) is 60.5 Å². The third-order valence-electron chi connectivity index (χ3n) is 2.99. The highest BCUT2D eigenvalue weighted by Gasteiger charge is 2.13. The molecule has 1 N–H and O–H groups in total. The maximum Gasteiger partial charge on any atom is 0.147 e. The summed E-state index contributed by atoms with van der Waals surface area (Å²) in [5.74, 6) is 2.22. The second-order valence-corrected chi connectivity index (χ2v) is 7.66. The van der Waals surface area contributed by atoms with E-state index >= 15 is 0 Å². The van der Waals surface area contributed by atoms with E-state index in [1.54, 1.807) is 0 Å². The highest BCUT2D eigenvalue weighted by Crippen LogP contribution is 2.14. The molecule has 4 heteroatoms. The molecular formula is C17H32N4. The van der Waals surface area contributed by atoms with E-state index in [2.05, 4.69) is 68.7 Å². The molecule has 0 saturated heterocycles. The summed E-state index contributed by atoms with van der Waals surface area (Å²) in [6.45, 7) is 18.2. The minimum absolute atomic E-state index is 0.0989. The summed E-state index contributed by atoms with van der Waals surface area (Å²) in [5, 5.41) is 3.44. The Bertz CT molecular complexity index is 394. The summed E-state index contributed by atoms with van der Waals surface area (Å²) in [4.78, 5) is 11.5. The van der Waals surface area contributed by atoms with Gasteiger partial charge in [0.05, 0.1) is 18.1 Å². The van der Waals surface area contributed by atoms with E-state index in [9.17, 15) is 0 Å². The fourth-order valence-electron chi connectivity index (χ4n) is 2.10. The number of nitrogens with zero attached hydrogens (tertiary/aromatic N) is 3. The molecule has 0 fully saturated rings. The van der Waals surface area contributed by atoms with Crippen LogP contribution >= 0.6 is 0 Å². The van der Waals surface area contributed by atoms with Crippen molar-refractivity contribution in [1.82, 2.24) is 15.3 Å². The SMILES string of the molecule is CC(C)CN(CC(C)C)c1cnc(CNC(C)(C)C)cn1. The van der Waals surface area contributed by atoms with E-state index in [4.69, 9.17) is 0 Å². The normalized spacial score (nSPS) is 12.2. The number of nitrogens with one attached hydrogen (secondary N) is 1. The smallest absolute Gasteiger partial charge is 0.147 e. The molecule has 1 aromatic rings. The molecule has 0 aromatic carbocycles. The molecular weight excluding hydrogens is 260 g/mol. The van der Waals surface area contributed by atoms with Crippen LogP contribution in [0, 0.1) is 11.8 Å². The lowest BCUT2D eigenvalue weighted by Gasteiger charge is -2.27. The lowest BCUT2D eigenvalue weighted by Crippen LogP contribution is -2.35. The Hall–Kier alpha value is -1.16. The van der Waals surface area contributed by atoms with Crippen LogP contribution in [0.1, 0.15) is 54.2 Å². The lowest BCUT2D eigenvalue weighted by atomic mass is 10.1. The molecule has 0 unspecified atom stereocenters.